The van der Waals surface area contributed by atoms with E-state index in [1.54, 1.807) is 17.4 Å². The van der Waals surface area contributed by atoms with E-state index in [1.807, 2.05) is 63.4 Å². The maximum Gasteiger partial charge on any atom is 0.324 e. The number of amides is 2. The van der Waals surface area contributed by atoms with Gasteiger partial charge in [0.05, 0.1) is 23.6 Å². The van der Waals surface area contributed by atoms with Crippen LogP contribution in [0.5, 0.6) is 5.75 Å². The van der Waals surface area contributed by atoms with Crippen molar-refractivity contribution in [1.29, 1.82) is 0 Å². The van der Waals surface area contributed by atoms with E-state index in [2.05, 4.69) is 31.2 Å². The third kappa shape index (κ3) is 6.48. The predicted molar refractivity (Wildman–Crippen MR) is 164 cm³/mol. The van der Waals surface area contributed by atoms with Crippen LogP contribution in [0.4, 0.5) is 16.3 Å². The summed E-state index contributed by atoms with van der Waals surface area (Å²) < 4.78 is 20.2. The maximum absolute atomic E-state index is 12.5. The first-order valence-electron chi connectivity index (χ1n) is 13.3. The summed E-state index contributed by atoms with van der Waals surface area (Å²) in [6.07, 6.45) is 2.04. The Morgan fingerprint density at radius 2 is 1.88 bits per heavy atom. The first-order valence-corrected chi connectivity index (χ1v) is 14.1. The number of morpholine rings is 1. The van der Waals surface area contributed by atoms with Crippen molar-refractivity contribution in [1.82, 2.24) is 19.4 Å². The first kappa shape index (κ1) is 28.9. The second-order valence-corrected chi connectivity index (χ2v) is 11.8. The second kappa shape index (κ2) is 12.1. The number of hydrogen-bond acceptors (Lipinski definition) is 8. The van der Waals surface area contributed by atoms with Crippen molar-refractivity contribution in [3.8, 4) is 17.0 Å². The lowest BCUT2D eigenvalue weighted by atomic mass is 9.93. The molecule has 0 saturated carbocycles. The second-order valence-electron chi connectivity index (χ2n) is 10.8. The van der Waals surface area contributed by atoms with Gasteiger partial charge in [-0.15, -0.1) is 12.4 Å². The van der Waals surface area contributed by atoms with Gasteiger partial charge in [0.25, 0.3) is 0 Å². The van der Waals surface area contributed by atoms with Gasteiger partial charge >= 0.3 is 6.03 Å². The quantitative estimate of drug-likeness (QED) is 0.228. The van der Waals surface area contributed by atoms with Crippen molar-refractivity contribution in [2.45, 2.75) is 26.2 Å². The Hall–Kier alpha value is -3.64. The Labute approximate surface area is 248 Å². The van der Waals surface area contributed by atoms with Gasteiger partial charge in [0.2, 0.25) is 0 Å². The summed E-state index contributed by atoms with van der Waals surface area (Å²) in [7, 11) is 0. The number of carbonyl (C=O) groups is 1. The standard InChI is InChI=1S/C29H32N6O4S.ClH/c1-29(2,3)24-17-25(33-39-24)32-27(36)30-20-9-7-19(8-10-20)21-18-35-26-22(5-4-6-23(26)40-28(35)31-21)38-16-13-34-11-14-37-15-12-34;/h4-10,17-18H,11-16H2,1-3H3,(H2,30,32,33,36);1H. The number of para-hydroxylation sites is 1. The molecule has 12 heteroatoms. The van der Waals surface area contributed by atoms with Crippen LogP contribution < -0.4 is 15.4 Å². The molecule has 1 saturated heterocycles. The molecule has 0 aliphatic carbocycles. The Balaban J connectivity index is 0.00000337. The molecule has 0 atom stereocenters. The summed E-state index contributed by atoms with van der Waals surface area (Å²) in [6.45, 7) is 11.0. The highest BCUT2D eigenvalue weighted by Gasteiger charge is 2.20. The van der Waals surface area contributed by atoms with E-state index in [4.69, 9.17) is 19.0 Å². The van der Waals surface area contributed by atoms with Gasteiger partial charge in [0.1, 0.15) is 23.6 Å². The number of fused-ring (bicyclic) bond motifs is 3. The molecule has 5 aromatic rings. The average molecular weight is 597 g/mol. The minimum absolute atomic E-state index is 0. The number of thiazole rings is 1. The largest absolute Gasteiger partial charge is 0.490 e. The highest BCUT2D eigenvalue weighted by Crippen LogP contribution is 2.35. The molecule has 41 heavy (non-hydrogen) atoms. The maximum atomic E-state index is 12.5. The molecule has 1 aliphatic rings. The Kier molecular flexibility index (Phi) is 8.50. The number of nitrogens with zero attached hydrogens (tertiary/aromatic N) is 4. The predicted octanol–water partition coefficient (Wildman–Crippen LogP) is 6.28. The molecule has 1 aliphatic heterocycles. The van der Waals surface area contributed by atoms with E-state index in [1.165, 1.54) is 0 Å². The third-order valence-corrected chi connectivity index (χ3v) is 7.80. The molecule has 4 heterocycles. The monoisotopic (exact) mass is 596 g/mol. The number of benzene rings is 2. The molecular weight excluding hydrogens is 564 g/mol. The highest BCUT2D eigenvalue weighted by atomic mass is 35.5. The molecule has 2 amide bonds. The van der Waals surface area contributed by atoms with Gasteiger partial charge in [-0.05, 0) is 24.3 Å². The fraction of sp³-hybridized carbons (Fsp3) is 0.345. The third-order valence-electron chi connectivity index (χ3n) is 6.78. The van der Waals surface area contributed by atoms with Gasteiger partial charge in [-0.2, -0.15) is 0 Å². The number of aromatic nitrogens is 3. The van der Waals surface area contributed by atoms with E-state index in [0.29, 0.717) is 23.9 Å². The minimum atomic E-state index is -0.392. The van der Waals surface area contributed by atoms with Gasteiger partial charge < -0.3 is 19.3 Å². The molecule has 0 bridgehead atoms. The minimum Gasteiger partial charge on any atom is -0.490 e. The van der Waals surface area contributed by atoms with Crippen LogP contribution in [-0.2, 0) is 10.2 Å². The number of hydrogen-bond donors (Lipinski definition) is 2. The van der Waals surface area contributed by atoms with Crippen LogP contribution in [-0.4, -0.2) is 64.9 Å². The SMILES string of the molecule is CC(C)(C)c1cc(NC(=O)Nc2ccc(-c3cn4c(n3)sc3cccc(OCCN5CCOCC5)c34)cc2)no1.Cl. The molecule has 0 radical (unpaired) electrons. The zero-order chi connectivity index (χ0) is 27.7. The summed E-state index contributed by atoms with van der Waals surface area (Å²) in [5.41, 5.74) is 3.30. The Morgan fingerprint density at radius 3 is 2.61 bits per heavy atom. The number of urea groups is 1. The van der Waals surface area contributed by atoms with Crippen LogP contribution in [0.15, 0.2) is 59.3 Å². The zero-order valence-corrected chi connectivity index (χ0v) is 24.8. The van der Waals surface area contributed by atoms with Crippen LogP contribution in [0.1, 0.15) is 26.5 Å². The van der Waals surface area contributed by atoms with E-state index < -0.39 is 6.03 Å². The molecule has 2 N–H and O–H groups in total. The normalized spacial score (nSPS) is 14.2. The van der Waals surface area contributed by atoms with Gasteiger partial charge in [-0.25, -0.2) is 9.78 Å². The molecule has 1 fully saturated rings. The lowest BCUT2D eigenvalue weighted by molar-refractivity contribution is 0.0323. The van der Waals surface area contributed by atoms with Crippen LogP contribution in [0.25, 0.3) is 26.4 Å². The van der Waals surface area contributed by atoms with Gasteiger partial charge in [0.15, 0.2) is 10.8 Å². The molecule has 2 aromatic carbocycles. The molecule has 10 nitrogen and oxygen atoms in total. The number of halogens is 1. The van der Waals surface area contributed by atoms with Crippen LogP contribution >= 0.6 is 23.7 Å². The number of imidazole rings is 1. The number of ether oxygens (including phenoxy) is 2. The molecule has 3 aromatic heterocycles. The Morgan fingerprint density at radius 1 is 1.10 bits per heavy atom. The van der Waals surface area contributed by atoms with Crippen LogP contribution in [0.3, 0.4) is 0 Å². The first-order chi connectivity index (χ1) is 19.3. The summed E-state index contributed by atoms with van der Waals surface area (Å²) >= 11 is 1.63. The van der Waals surface area contributed by atoms with E-state index >= 15 is 0 Å². The summed E-state index contributed by atoms with van der Waals surface area (Å²) in [5.74, 6) is 1.92. The van der Waals surface area contributed by atoms with Crippen molar-refractivity contribution in [2.75, 3.05) is 50.1 Å². The van der Waals surface area contributed by atoms with E-state index in [0.717, 1.165) is 65.0 Å². The van der Waals surface area contributed by atoms with Gasteiger partial charge in [-0.1, -0.05) is 55.5 Å². The van der Waals surface area contributed by atoms with Crippen molar-refractivity contribution < 1.29 is 18.8 Å². The zero-order valence-electron chi connectivity index (χ0n) is 23.2. The number of rotatable bonds is 7. The Bertz CT molecular complexity index is 1630. The average Bonchev–Trinajstić information content (AvgIpc) is 3.65. The molecule has 216 valence electrons. The van der Waals surface area contributed by atoms with Gasteiger partial charge in [-0.3, -0.25) is 14.6 Å². The van der Waals surface area contributed by atoms with Crippen LogP contribution in [0, 0.1) is 0 Å². The molecular formula is C29H33ClN6O4S. The molecule has 6 rings (SSSR count). The fourth-order valence-electron chi connectivity index (χ4n) is 4.57. The highest BCUT2D eigenvalue weighted by molar-refractivity contribution is 7.23. The molecule has 0 spiro atoms. The van der Waals surface area contributed by atoms with E-state index in [-0.39, 0.29) is 17.8 Å². The summed E-state index contributed by atoms with van der Waals surface area (Å²) in [4.78, 5) is 20.6. The van der Waals surface area contributed by atoms with Crippen molar-refractivity contribution in [3.63, 3.8) is 0 Å². The number of nitrogens with one attached hydrogen (secondary N) is 2. The smallest absolute Gasteiger partial charge is 0.324 e. The lowest BCUT2D eigenvalue weighted by Gasteiger charge is -2.26. The number of anilines is 2. The lowest BCUT2D eigenvalue weighted by Crippen LogP contribution is -2.38. The van der Waals surface area contributed by atoms with Gasteiger partial charge in [0, 0.05) is 48.6 Å². The fourth-order valence-corrected chi connectivity index (χ4v) is 5.60. The summed E-state index contributed by atoms with van der Waals surface area (Å²) in [5, 5.41) is 9.47. The topological polar surface area (TPSA) is 106 Å². The number of carbonyl (C=O) groups excluding carboxylic acids is 1. The van der Waals surface area contributed by atoms with Crippen molar-refractivity contribution in [3.05, 3.63) is 60.5 Å². The molecule has 0 unspecified atom stereocenters. The summed E-state index contributed by atoms with van der Waals surface area (Å²) in [6, 6.07) is 15.1. The van der Waals surface area contributed by atoms with Crippen molar-refractivity contribution in [2.24, 2.45) is 0 Å². The van der Waals surface area contributed by atoms with Crippen molar-refractivity contribution >= 4 is 56.5 Å². The van der Waals surface area contributed by atoms with Crippen LogP contribution in [0.2, 0.25) is 0 Å². The van der Waals surface area contributed by atoms with E-state index in [9.17, 15) is 4.79 Å².